The zero-order chi connectivity index (χ0) is 13.0. The summed E-state index contributed by atoms with van der Waals surface area (Å²) in [7, 11) is 0. The molecule has 3 nitrogen and oxygen atoms in total. The highest BCUT2D eigenvalue weighted by Crippen LogP contribution is 2.22. The lowest BCUT2D eigenvalue weighted by molar-refractivity contribution is 0.210. The van der Waals surface area contributed by atoms with E-state index in [0.717, 1.165) is 16.7 Å². The summed E-state index contributed by atoms with van der Waals surface area (Å²) < 4.78 is 0. The van der Waals surface area contributed by atoms with E-state index < -0.39 is 0 Å². The van der Waals surface area contributed by atoms with Gasteiger partial charge in [-0.05, 0) is 36.5 Å². The maximum atomic E-state index is 9.68. The molecule has 1 atom stereocenters. The molecule has 0 aliphatic heterocycles. The summed E-state index contributed by atoms with van der Waals surface area (Å²) in [5.41, 5.74) is 2.93. The van der Waals surface area contributed by atoms with Crippen LogP contribution in [-0.4, -0.2) is 22.9 Å². The number of aliphatic hydroxyl groups excluding tert-OH is 1. The molecule has 1 unspecified atom stereocenters. The van der Waals surface area contributed by atoms with Gasteiger partial charge in [0, 0.05) is 12.6 Å². The highest BCUT2D eigenvalue weighted by molar-refractivity contribution is 5.42. The van der Waals surface area contributed by atoms with Gasteiger partial charge in [-0.3, -0.25) is 0 Å². The maximum absolute atomic E-state index is 9.68. The molecule has 0 saturated carbocycles. The molecule has 0 bridgehead atoms. The summed E-state index contributed by atoms with van der Waals surface area (Å²) in [5, 5.41) is 22.2. The third-order valence-electron chi connectivity index (χ3n) is 3.12. The van der Waals surface area contributed by atoms with Gasteiger partial charge in [0.1, 0.15) is 5.75 Å². The van der Waals surface area contributed by atoms with E-state index in [0.29, 0.717) is 18.2 Å². The molecule has 1 rings (SSSR count). The van der Waals surface area contributed by atoms with Gasteiger partial charge in [0.05, 0.1) is 6.61 Å². The van der Waals surface area contributed by atoms with Crippen LogP contribution in [0.4, 0.5) is 0 Å². The van der Waals surface area contributed by atoms with Crippen LogP contribution >= 0.6 is 0 Å². The quantitative estimate of drug-likeness (QED) is 0.735. The Morgan fingerprint density at radius 2 is 1.71 bits per heavy atom. The molecule has 0 fully saturated rings. The first-order valence-corrected chi connectivity index (χ1v) is 6.09. The van der Waals surface area contributed by atoms with Crippen molar-refractivity contribution in [1.82, 2.24) is 5.32 Å². The second kappa shape index (κ2) is 6.03. The molecular weight excluding hydrogens is 214 g/mol. The fourth-order valence-electron chi connectivity index (χ4n) is 1.91. The molecule has 0 heterocycles. The van der Waals surface area contributed by atoms with Crippen molar-refractivity contribution in [1.29, 1.82) is 0 Å². The van der Waals surface area contributed by atoms with E-state index in [1.807, 2.05) is 26.0 Å². The predicted molar refractivity (Wildman–Crippen MR) is 70.1 cm³/mol. The number of nitrogens with one attached hydrogen (secondary N) is 1. The van der Waals surface area contributed by atoms with E-state index in [9.17, 15) is 10.2 Å². The molecular formula is C14H23NO2. The second-order valence-corrected chi connectivity index (χ2v) is 4.99. The van der Waals surface area contributed by atoms with Crippen molar-refractivity contribution in [2.75, 3.05) is 6.61 Å². The number of phenolic OH excluding ortho intramolecular Hbond substituents is 1. The monoisotopic (exact) mass is 237 g/mol. The number of phenols is 1. The van der Waals surface area contributed by atoms with Crippen molar-refractivity contribution >= 4 is 0 Å². The number of hydrogen-bond acceptors (Lipinski definition) is 3. The lowest BCUT2D eigenvalue weighted by atomic mass is 10.0. The molecule has 1 aromatic carbocycles. The van der Waals surface area contributed by atoms with Crippen molar-refractivity contribution in [3.8, 4) is 5.75 Å². The average molecular weight is 237 g/mol. The van der Waals surface area contributed by atoms with E-state index in [4.69, 9.17) is 0 Å². The van der Waals surface area contributed by atoms with Crippen LogP contribution in [0.25, 0.3) is 0 Å². The van der Waals surface area contributed by atoms with Gasteiger partial charge in [0.2, 0.25) is 0 Å². The molecule has 0 amide bonds. The first-order valence-electron chi connectivity index (χ1n) is 6.09. The van der Waals surface area contributed by atoms with E-state index >= 15 is 0 Å². The molecule has 1 aromatic rings. The summed E-state index contributed by atoms with van der Waals surface area (Å²) >= 11 is 0. The first-order chi connectivity index (χ1) is 7.95. The molecule has 3 N–H and O–H groups in total. The topological polar surface area (TPSA) is 52.5 Å². The number of aliphatic hydroxyl groups is 1. The van der Waals surface area contributed by atoms with Crippen LogP contribution < -0.4 is 5.32 Å². The zero-order valence-corrected chi connectivity index (χ0v) is 11.1. The molecule has 17 heavy (non-hydrogen) atoms. The van der Waals surface area contributed by atoms with Crippen LogP contribution in [0, 0.1) is 19.8 Å². The Kier molecular flexibility index (Phi) is 4.97. The van der Waals surface area contributed by atoms with Gasteiger partial charge >= 0.3 is 0 Å². The van der Waals surface area contributed by atoms with Crippen LogP contribution in [0.15, 0.2) is 12.1 Å². The van der Waals surface area contributed by atoms with Crippen molar-refractivity contribution in [3.63, 3.8) is 0 Å². The molecule has 96 valence electrons. The normalized spacial score (nSPS) is 13.1. The standard InChI is InChI=1S/C14H23NO2/c1-9(2)13(8-16)15-7-12-5-10(3)14(17)11(4)6-12/h5-6,9,13,15-17H,7-8H2,1-4H3. The second-order valence-electron chi connectivity index (χ2n) is 4.99. The summed E-state index contributed by atoms with van der Waals surface area (Å²) in [4.78, 5) is 0. The molecule has 0 aromatic heterocycles. The Morgan fingerprint density at radius 3 is 2.12 bits per heavy atom. The number of benzene rings is 1. The van der Waals surface area contributed by atoms with Gasteiger partial charge in [0.15, 0.2) is 0 Å². The minimum atomic E-state index is 0.115. The fraction of sp³-hybridized carbons (Fsp3) is 0.571. The predicted octanol–water partition coefficient (Wildman–Crippen LogP) is 2.12. The van der Waals surface area contributed by atoms with Crippen LogP contribution in [0.2, 0.25) is 0 Å². The number of rotatable bonds is 5. The zero-order valence-electron chi connectivity index (χ0n) is 11.1. The van der Waals surface area contributed by atoms with Gasteiger partial charge in [-0.15, -0.1) is 0 Å². The molecule has 0 aliphatic carbocycles. The Bertz CT molecular complexity index is 351. The van der Waals surface area contributed by atoms with Crippen molar-refractivity contribution in [2.45, 2.75) is 40.3 Å². The maximum Gasteiger partial charge on any atom is 0.121 e. The van der Waals surface area contributed by atoms with Crippen molar-refractivity contribution in [3.05, 3.63) is 28.8 Å². The van der Waals surface area contributed by atoms with Crippen LogP contribution in [0.5, 0.6) is 5.75 Å². The van der Waals surface area contributed by atoms with E-state index in [2.05, 4.69) is 19.2 Å². The van der Waals surface area contributed by atoms with E-state index in [-0.39, 0.29) is 12.6 Å². The number of hydrogen-bond donors (Lipinski definition) is 3. The highest BCUT2D eigenvalue weighted by Gasteiger charge is 2.11. The Balaban J connectivity index is 2.69. The van der Waals surface area contributed by atoms with Gasteiger partial charge in [-0.1, -0.05) is 26.0 Å². The molecule has 0 saturated heterocycles. The molecule has 0 radical (unpaired) electrons. The Hall–Kier alpha value is -1.06. The number of aromatic hydroxyl groups is 1. The summed E-state index contributed by atoms with van der Waals surface area (Å²) in [6.45, 7) is 8.83. The van der Waals surface area contributed by atoms with Crippen LogP contribution in [0.1, 0.15) is 30.5 Å². The fourth-order valence-corrected chi connectivity index (χ4v) is 1.91. The first kappa shape index (κ1) is 14.0. The molecule has 0 aliphatic rings. The summed E-state index contributed by atoms with van der Waals surface area (Å²) in [6.07, 6.45) is 0. The highest BCUT2D eigenvalue weighted by atomic mass is 16.3. The van der Waals surface area contributed by atoms with Crippen molar-refractivity contribution in [2.24, 2.45) is 5.92 Å². The molecule has 0 spiro atoms. The lowest BCUT2D eigenvalue weighted by Crippen LogP contribution is -2.36. The summed E-state index contributed by atoms with van der Waals surface area (Å²) in [6, 6.07) is 4.07. The smallest absolute Gasteiger partial charge is 0.121 e. The Morgan fingerprint density at radius 1 is 1.18 bits per heavy atom. The van der Waals surface area contributed by atoms with Gasteiger partial charge in [-0.2, -0.15) is 0 Å². The lowest BCUT2D eigenvalue weighted by Gasteiger charge is -2.20. The number of aryl methyl sites for hydroxylation is 2. The van der Waals surface area contributed by atoms with Gasteiger partial charge in [0.25, 0.3) is 0 Å². The van der Waals surface area contributed by atoms with E-state index in [1.165, 1.54) is 0 Å². The average Bonchev–Trinajstić information content (AvgIpc) is 2.26. The SMILES string of the molecule is Cc1cc(CNC(CO)C(C)C)cc(C)c1O. The van der Waals surface area contributed by atoms with Crippen LogP contribution in [-0.2, 0) is 6.54 Å². The van der Waals surface area contributed by atoms with Crippen molar-refractivity contribution < 1.29 is 10.2 Å². The summed E-state index contributed by atoms with van der Waals surface area (Å²) in [5.74, 6) is 0.774. The van der Waals surface area contributed by atoms with Gasteiger partial charge < -0.3 is 15.5 Å². The van der Waals surface area contributed by atoms with Crippen LogP contribution in [0.3, 0.4) is 0 Å². The third kappa shape index (κ3) is 3.72. The largest absolute Gasteiger partial charge is 0.507 e. The van der Waals surface area contributed by atoms with Gasteiger partial charge in [-0.25, -0.2) is 0 Å². The third-order valence-corrected chi connectivity index (χ3v) is 3.12. The van der Waals surface area contributed by atoms with E-state index in [1.54, 1.807) is 0 Å². The minimum Gasteiger partial charge on any atom is -0.507 e. The Labute approximate surface area is 103 Å². The minimum absolute atomic E-state index is 0.115. The molecule has 3 heteroatoms.